The maximum atomic E-state index is 6.48. The molecular formula is C11H16BrClS. The van der Waals surface area contributed by atoms with Gasteiger partial charge in [0.2, 0.25) is 0 Å². The lowest BCUT2D eigenvalue weighted by atomic mass is 9.94. The lowest BCUT2D eigenvalue weighted by Gasteiger charge is -2.19. The van der Waals surface area contributed by atoms with Crippen LogP contribution in [0.2, 0.25) is 0 Å². The normalized spacial score (nSPS) is 13.6. The minimum absolute atomic E-state index is 0.174. The molecule has 0 aliphatic rings. The van der Waals surface area contributed by atoms with Crippen LogP contribution in [0.15, 0.2) is 9.85 Å². The molecule has 0 N–H and O–H groups in total. The second-order valence-corrected chi connectivity index (χ2v) is 6.65. The lowest BCUT2D eigenvalue weighted by molar-refractivity contribution is 0.475. The van der Waals surface area contributed by atoms with Crippen molar-refractivity contribution in [2.45, 2.75) is 39.0 Å². The molecule has 0 spiro atoms. The van der Waals surface area contributed by atoms with E-state index in [1.807, 2.05) is 0 Å². The highest BCUT2D eigenvalue weighted by molar-refractivity contribution is 9.11. The number of thiophene rings is 1. The fraction of sp³-hybridized carbons (Fsp3) is 0.636. The van der Waals surface area contributed by atoms with E-state index < -0.39 is 0 Å². The molecule has 1 aromatic rings. The van der Waals surface area contributed by atoms with Crippen molar-refractivity contribution in [2.75, 3.05) is 0 Å². The van der Waals surface area contributed by atoms with E-state index in [4.69, 9.17) is 11.6 Å². The van der Waals surface area contributed by atoms with Crippen molar-refractivity contribution in [3.8, 4) is 0 Å². The quantitative estimate of drug-likeness (QED) is 0.640. The van der Waals surface area contributed by atoms with Crippen LogP contribution in [-0.2, 0) is 0 Å². The average Bonchev–Trinajstić information content (AvgIpc) is 2.47. The zero-order valence-electron chi connectivity index (χ0n) is 8.81. The number of aryl methyl sites for hydroxylation is 1. The molecule has 1 atom stereocenters. The van der Waals surface area contributed by atoms with E-state index in [1.165, 1.54) is 14.2 Å². The molecule has 1 unspecified atom stereocenters. The van der Waals surface area contributed by atoms with Crippen LogP contribution in [0.3, 0.4) is 0 Å². The van der Waals surface area contributed by atoms with Gasteiger partial charge in [0.1, 0.15) is 0 Å². The molecule has 0 aromatic carbocycles. The van der Waals surface area contributed by atoms with Gasteiger partial charge in [0.15, 0.2) is 0 Å². The zero-order valence-corrected chi connectivity index (χ0v) is 12.0. The lowest BCUT2D eigenvalue weighted by Crippen LogP contribution is -2.05. The Kier molecular flexibility index (Phi) is 4.95. The van der Waals surface area contributed by atoms with Crippen LogP contribution in [0.1, 0.15) is 42.5 Å². The van der Waals surface area contributed by atoms with Gasteiger partial charge in [-0.2, -0.15) is 0 Å². The Morgan fingerprint density at radius 3 is 2.36 bits per heavy atom. The van der Waals surface area contributed by atoms with Crippen molar-refractivity contribution in [2.24, 2.45) is 5.92 Å². The summed E-state index contributed by atoms with van der Waals surface area (Å²) in [6.45, 7) is 6.56. The van der Waals surface area contributed by atoms with Crippen LogP contribution in [0.25, 0.3) is 0 Å². The highest BCUT2D eigenvalue weighted by Crippen LogP contribution is 2.39. The highest BCUT2D eigenvalue weighted by atomic mass is 79.9. The molecule has 1 aromatic heterocycles. The summed E-state index contributed by atoms with van der Waals surface area (Å²) in [6, 6.07) is 2.16. The second kappa shape index (κ2) is 5.53. The standard InChI is InChI=1S/C11H16BrClS/c1-4-8(5-2)11(13)9-6-10(12)14-7(9)3/h6,8,11H,4-5H2,1-3H3. The Labute approximate surface area is 104 Å². The molecule has 0 saturated heterocycles. The monoisotopic (exact) mass is 294 g/mol. The van der Waals surface area contributed by atoms with Crippen LogP contribution in [-0.4, -0.2) is 0 Å². The molecule has 0 radical (unpaired) electrons. The fourth-order valence-corrected chi connectivity index (χ4v) is 4.09. The fourth-order valence-electron chi connectivity index (χ4n) is 1.69. The minimum atomic E-state index is 0.174. The molecule has 0 aliphatic heterocycles. The second-order valence-electron chi connectivity index (χ2n) is 3.54. The van der Waals surface area contributed by atoms with E-state index in [2.05, 4.69) is 42.8 Å². The number of halogens is 2. The number of alkyl halides is 1. The van der Waals surface area contributed by atoms with Gasteiger partial charge in [0.05, 0.1) is 9.16 Å². The Hall–Kier alpha value is 0.470. The molecule has 0 fully saturated rings. The maximum absolute atomic E-state index is 6.48. The predicted molar refractivity (Wildman–Crippen MR) is 69.4 cm³/mol. The molecule has 14 heavy (non-hydrogen) atoms. The third-order valence-electron chi connectivity index (χ3n) is 2.69. The van der Waals surface area contributed by atoms with Crippen LogP contribution < -0.4 is 0 Å². The van der Waals surface area contributed by atoms with Gasteiger partial charge in [-0.25, -0.2) is 0 Å². The first-order valence-corrected chi connectivity index (χ1v) is 7.04. The number of hydrogen-bond donors (Lipinski definition) is 0. The van der Waals surface area contributed by atoms with E-state index in [-0.39, 0.29) is 5.38 Å². The third-order valence-corrected chi connectivity index (χ3v) is 4.85. The summed E-state index contributed by atoms with van der Waals surface area (Å²) < 4.78 is 1.18. The molecule has 0 saturated carbocycles. The first kappa shape index (κ1) is 12.5. The van der Waals surface area contributed by atoms with E-state index in [0.29, 0.717) is 5.92 Å². The van der Waals surface area contributed by atoms with Crippen molar-refractivity contribution < 1.29 is 0 Å². The van der Waals surface area contributed by atoms with E-state index in [9.17, 15) is 0 Å². The van der Waals surface area contributed by atoms with E-state index >= 15 is 0 Å². The van der Waals surface area contributed by atoms with Crippen molar-refractivity contribution in [3.05, 3.63) is 20.3 Å². The van der Waals surface area contributed by atoms with Crippen molar-refractivity contribution in [1.82, 2.24) is 0 Å². The summed E-state index contributed by atoms with van der Waals surface area (Å²) in [4.78, 5) is 1.34. The summed E-state index contributed by atoms with van der Waals surface area (Å²) >= 11 is 11.7. The van der Waals surface area contributed by atoms with E-state index in [1.54, 1.807) is 11.3 Å². The maximum Gasteiger partial charge on any atom is 0.0704 e. The van der Waals surface area contributed by atoms with Crippen LogP contribution in [0.5, 0.6) is 0 Å². The van der Waals surface area contributed by atoms with Gasteiger partial charge in [-0.3, -0.25) is 0 Å². The summed E-state index contributed by atoms with van der Waals surface area (Å²) in [5.74, 6) is 0.594. The highest BCUT2D eigenvalue weighted by Gasteiger charge is 2.20. The minimum Gasteiger partial charge on any atom is -0.133 e. The first-order chi connectivity index (χ1) is 6.60. The summed E-state index contributed by atoms with van der Waals surface area (Å²) in [5.41, 5.74) is 1.30. The topological polar surface area (TPSA) is 0 Å². The summed E-state index contributed by atoms with van der Waals surface area (Å²) in [6.07, 6.45) is 2.30. The smallest absolute Gasteiger partial charge is 0.0704 e. The van der Waals surface area contributed by atoms with E-state index in [0.717, 1.165) is 12.8 Å². The number of hydrogen-bond acceptors (Lipinski definition) is 1. The Bertz CT molecular complexity index is 291. The Balaban J connectivity index is 2.87. The van der Waals surface area contributed by atoms with Gasteiger partial charge in [-0.15, -0.1) is 22.9 Å². The largest absolute Gasteiger partial charge is 0.133 e. The zero-order chi connectivity index (χ0) is 10.7. The SMILES string of the molecule is CCC(CC)C(Cl)c1cc(Br)sc1C. The third kappa shape index (κ3) is 2.74. The van der Waals surface area contributed by atoms with Gasteiger partial charge >= 0.3 is 0 Å². The van der Waals surface area contributed by atoms with Gasteiger partial charge in [0.25, 0.3) is 0 Å². The summed E-state index contributed by atoms with van der Waals surface area (Å²) in [5, 5.41) is 0.174. The number of rotatable bonds is 4. The molecule has 0 nitrogen and oxygen atoms in total. The Morgan fingerprint density at radius 1 is 1.43 bits per heavy atom. The molecular weight excluding hydrogens is 280 g/mol. The van der Waals surface area contributed by atoms with Crippen molar-refractivity contribution >= 4 is 38.9 Å². The van der Waals surface area contributed by atoms with Gasteiger partial charge in [-0.1, -0.05) is 26.7 Å². The van der Waals surface area contributed by atoms with Gasteiger partial charge in [0, 0.05) is 4.88 Å². The molecule has 80 valence electrons. The van der Waals surface area contributed by atoms with Crippen LogP contribution in [0.4, 0.5) is 0 Å². The molecule has 1 heterocycles. The van der Waals surface area contributed by atoms with Gasteiger partial charge < -0.3 is 0 Å². The molecule has 1 rings (SSSR count). The molecule has 0 aliphatic carbocycles. The molecule has 3 heteroatoms. The molecule has 0 amide bonds. The predicted octanol–water partition coefficient (Wildman–Crippen LogP) is 5.54. The van der Waals surface area contributed by atoms with Crippen molar-refractivity contribution in [1.29, 1.82) is 0 Å². The van der Waals surface area contributed by atoms with Gasteiger partial charge in [-0.05, 0) is 40.4 Å². The van der Waals surface area contributed by atoms with Crippen LogP contribution >= 0.6 is 38.9 Å². The van der Waals surface area contributed by atoms with Crippen molar-refractivity contribution in [3.63, 3.8) is 0 Å². The molecule has 0 bridgehead atoms. The average molecular weight is 296 g/mol. The summed E-state index contributed by atoms with van der Waals surface area (Å²) in [7, 11) is 0. The van der Waals surface area contributed by atoms with Crippen LogP contribution in [0, 0.1) is 12.8 Å². The Morgan fingerprint density at radius 2 is 2.00 bits per heavy atom. The first-order valence-electron chi connectivity index (χ1n) is 5.00.